The second kappa shape index (κ2) is 9.73. The van der Waals surface area contributed by atoms with Crippen molar-refractivity contribution >= 4 is 11.8 Å². The molecule has 0 radical (unpaired) electrons. The van der Waals surface area contributed by atoms with E-state index < -0.39 is 23.9 Å². The lowest BCUT2D eigenvalue weighted by atomic mass is 10.1. The molecule has 0 saturated heterocycles. The fourth-order valence-electron chi connectivity index (χ4n) is 2.08. The lowest BCUT2D eigenvalue weighted by molar-refractivity contribution is -0.131. The van der Waals surface area contributed by atoms with E-state index in [0.717, 1.165) is 5.56 Å². The number of rotatable bonds is 4. The highest BCUT2D eigenvalue weighted by atomic mass is 16.5. The second-order valence-corrected chi connectivity index (χ2v) is 5.61. The van der Waals surface area contributed by atoms with Gasteiger partial charge in [-0.05, 0) is 55.2 Å². The van der Waals surface area contributed by atoms with E-state index in [0.29, 0.717) is 11.1 Å². The maximum Gasteiger partial charge on any atom is 0.267 e. The lowest BCUT2D eigenvalue weighted by Crippen LogP contribution is -2.54. The molecule has 0 aliphatic heterocycles. The van der Waals surface area contributed by atoms with Crippen LogP contribution in [-0.4, -0.2) is 34.1 Å². The van der Waals surface area contributed by atoms with E-state index in [9.17, 15) is 9.59 Å². The summed E-state index contributed by atoms with van der Waals surface area (Å²) in [5.41, 5.74) is 8.92. The maximum absolute atomic E-state index is 12.2. The summed E-state index contributed by atoms with van der Waals surface area (Å²) in [5.74, 6) is 9.94. The number of amides is 2. The molecular formula is C20H18N4O3. The first-order valence-electron chi connectivity index (χ1n) is 8.04. The van der Waals surface area contributed by atoms with Gasteiger partial charge in [0, 0.05) is 35.1 Å². The molecule has 0 fully saturated rings. The summed E-state index contributed by atoms with van der Waals surface area (Å²) >= 11 is 0. The molecule has 2 atom stereocenters. The van der Waals surface area contributed by atoms with Crippen LogP contribution in [0.5, 0.6) is 0 Å². The molecule has 5 N–H and O–H groups in total. The van der Waals surface area contributed by atoms with Crippen molar-refractivity contribution < 1.29 is 14.8 Å². The molecule has 0 aliphatic rings. The van der Waals surface area contributed by atoms with Gasteiger partial charge in [-0.2, -0.15) is 0 Å². The Labute approximate surface area is 157 Å². The highest BCUT2D eigenvalue weighted by molar-refractivity contribution is 5.97. The molecule has 1 aromatic carbocycles. The number of carbonyl (C=O) groups excluding carboxylic acids is 2. The number of pyridine rings is 1. The van der Waals surface area contributed by atoms with E-state index in [1.54, 1.807) is 49.6 Å². The zero-order chi connectivity index (χ0) is 19.6. The van der Waals surface area contributed by atoms with Crippen molar-refractivity contribution in [3.05, 3.63) is 65.5 Å². The normalized spacial score (nSPS) is 11.7. The summed E-state index contributed by atoms with van der Waals surface area (Å²) in [6.07, 6.45) is 3.32. The van der Waals surface area contributed by atoms with Crippen molar-refractivity contribution in [2.45, 2.75) is 19.0 Å². The largest absolute Gasteiger partial charge is 0.339 e. The average Bonchev–Trinajstić information content (AvgIpc) is 2.69. The van der Waals surface area contributed by atoms with Gasteiger partial charge in [0.15, 0.2) is 0 Å². The maximum atomic E-state index is 12.2. The van der Waals surface area contributed by atoms with Crippen molar-refractivity contribution in [3.63, 3.8) is 0 Å². The number of nitrogens with one attached hydrogen (secondary N) is 2. The molecule has 0 saturated carbocycles. The van der Waals surface area contributed by atoms with Gasteiger partial charge < -0.3 is 11.1 Å². The van der Waals surface area contributed by atoms with Crippen molar-refractivity contribution in [1.82, 2.24) is 15.8 Å². The summed E-state index contributed by atoms with van der Waals surface area (Å²) in [7, 11) is 0. The summed E-state index contributed by atoms with van der Waals surface area (Å²) in [4.78, 5) is 27.7. The van der Waals surface area contributed by atoms with E-state index in [1.165, 1.54) is 5.48 Å². The van der Waals surface area contributed by atoms with E-state index in [2.05, 4.69) is 34.0 Å². The van der Waals surface area contributed by atoms with Crippen LogP contribution in [0.1, 0.15) is 28.4 Å². The minimum Gasteiger partial charge on any atom is -0.339 e. The van der Waals surface area contributed by atoms with E-state index in [-0.39, 0.29) is 0 Å². The molecule has 136 valence electrons. The molecule has 0 unspecified atom stereocenters. The highest BCUT2D eigenvalue weighted by Crippen LogP contribution is 2.04. The van der Waals surface area contributed by atoms with Crippen molar-refractivity contribution in [2.24, 2.45) is 5.73 Å². The van der Waals surface area contributed by atoms with E-state index in [1.807, 2.05) is 6.07 Å². The van der Waals surface area contributed by atoms with Crippen LogP contribution in [0.25, 0.3) is 0 Å². The number of hydrogen-bond acceptors (Lipinski definition) is 5. The molecule has 0 aliphatic carbocycles. The third-order valence-corrected chi connectivity index (χ3v) is 3.49. The van der Waals surface area contributed by atoms with Crippen LogP contribution in [0.3, 0.4) is 0 Å². The number of nitrogens with zero attached hydrogens (tertiary/aromatic N) is 1. The van der Waals surface area contributed by atoms with Crippen LogP contribution in [-0.2, 0) is 4.79 Å². The highest BCUT2D eigenvalue weighted by Gasteiger charge is 2.24. The first kappa shape index (κ1) is 19.7. The molecule has 1 aromatic heterocycles. The van der Waals surface area contributed by atoms with Gasteiger partial charge in [0.1, 0.15) is 6.04 Å². The Bertz CT molecular complexity index is 917. The van der Waals surface area contributed by atoms with Crippen LogP contribution >= 0.6 is 0 Å². The van der Waals surface area contributed by atoms with Gasteiger partial charge in [0.2, 0.25) is 0 Å². The molecule has 1 heterocycles. The Hall–Kier alpha value is -3.65. The Morgan fingerprint density at radius 1 is 1.11 bits per heavy atom. The molecule has 27 heavy (non-hydrogen) atoms. The van der Waals surface area contributed by atoms with Gasteiger partial charge in [0.05, 0.1) is 0 Å². The number of benzene rings is 1. The summed E-state index contributed by atoms with van der Waals surface area (Å²) in [5, 5.41) is 11.2. The second-order valence-electron chi connectivity index (χ2n) is 5.61. The number of hydroxylamine groups is 1. The summed E-state index contributed by atoms with van der Waals surface area (Å²) < 4.78 is 0. The molecule has 0 spiro atoms. The first-order chi connectivity index (χ1) is 13.0. The lowest BCUT2D eigenvalue weighted by Gasteiger charge is -2.19. The van der Waals surface area contributed by atoms with Gasteiger partial charge in [0.25, 0.3) is 11.8 Å². The molecule has 2 aromatic rings. The SMILES string of the molecule is C[C@@H](N)[C@H](NC(=O)c1ccc(C#CC#Cc2cccnc2)cc1)C(=O)NO. The fourth-order valence-corrected chi connectivity index (χ4v) is 2.08. The van der Waals surface area contributed by atoms with Crippen LogP contribution in [0.4, 0.5) is 0 Å². The minimum absolute atomic E-state index is 0.332. The van der Waals surface area contributed by atoms with Crippen LogP contribution in [0, 0.1) is 23.7 Å². The Morgan fingerprint density at radius 2 is 1.78 bits per heavy atom. The topological polar surface area (TPSA) is 117 Å². The van der Waals surface area contributed by atoms with Crippen molar-refractivity contribution in [2.75, 3.05) is 0 Å². The van der Waals surface area contributed by atoms with E-state index in [4.69, 9.17) is 10.9 Å². The van der Waals surface area contributed by atoms with E-state index >= 15 is 0 Å². The summed E-state index contributed by atoms with van der Waals surface area (Å²) in [6.45, 7) is 1.55. The molecule has 2 rings (SSSR count). The Kier molecular flexibility index (Phi) is 7.09. The molecule has 7 heteroatoms. The fraction of sp³-hybridized carbons (Fsp3) is 0.150. The van der Waals surface area contributed by atoms with Crippen molar-refractivity contribution in [3.8, 4) is 23.7 Å². The summed E-state index contributed by atoms with van der Waals surface area (Å²) in [6, 6.07) is 8.38. The average molecular weight is 362 g/mol. The van der Waals surface area contributed by atoms with Crippen LogP contribution < -0.4 is 16.5 Å². The van der Waals surface area contributed by atoms with Crippen molar-refractivity contribution in [1.29, 1.82) is 0 Å². The van der Waals surface area contributed by atoms with Gasteiger partial charge in [-0.25, -0.2) is 5.48 Å². The number of aromatic nitrogens is 1. The Morgan fingerprint density at radius 3 is 2.33 bits per heavy atom. The van der Waals surface area contributed by atoms with Crippen LogP contribution in [0.15, 0.2) is 48.8 Å². The third kappa shape index (κ3) is 5.98. The quantitative estimate of drug-likeness (QED) is 0.358. The standard InChI is InChI=1S/C20H18N4O3/c1-14(21)18(20(26)24-27)23-19(25)17-10-8-15(9-11-17)5-2-3-6-16-7-4-12-22-13-16/h4,7-14,18,27H,21H2,1H3,(H,23,25)(H,24,26)/t14-,18+/m1/s1. The van der Waals surface area contributed by atoms with Gasteiger partial charge >= 0.3 is 0 Å². The van der Waals surface area contributed by atoms with Gasteiger partial charge in [-0.15, -0.1) is 0 Å². The van der Waals surface area contributed by atoms with Gasteiger partial charge in [-0.3, -0.25) is 19.8 Å². The third-order valence-electron chi connectivity index (χ3n) is 3.49. The molecular weight excluding hydrogens is 344 g/mol. The Balaban J connectivity index is 2.03. The zero-order valence-electron chi connectivity index (χ0n) is 14.6. The first-order valence-corrected chi connectivity index (χ1v) is 8.04. The predicted molar refractivity (Wildman–Crippen MR) is 99.3 cm³/mol. The number of carbonyl (C=O) groups is 2. The molecule has 2 amide bonds. The molecule has 7 nitrogen and oxygen atoms in total. The molecule has 0 bridgehead atoms. The number of hydrogen-bond donors (Lipinski definition) is 4. The monoisotopic (exact) mass is 362 g/mol. The smallest absolute Gasteiger partial charge is 0.267 e. The predicted octanol–water partition coefficient (Wildman–Crippen LogP) is 0.436. The number of nitrogens with two attached hydrogens (primary N) is 1. The minimum atomic E-state index is -1.05. The zero-order valence-corrected chi connectivity index (χ0v) is 14.6. The van der Waals surface area contributed by atoms with Gasteiger partial charge in [-0.1, -0.05) is 11.8 Å². The van der Waals surface area contributed by atoms with Crippen LogP contribution in [0.2, 0.25) is 0 Å².